The lowest BCUT2D eigenvalue weighted by atomic mass is 10.1. The molecule has 1 aliphatic heterocycles. The zero-order chi connectivity index (χ0) is 19.3. The Morgan fingerprint density at radius 1 is 1.21 bits per heavy atom. The van der Waals surface area contributed by atoms with Crippen molar-refractivity contribution in [3.63, 3.8) is 0 Å². The van der Waals surface area contributed by atoms with Crippen LogP contribution in [0.4, 0.5) is 0 Å². The number of para-hydroxylation sites is 1. The maximum atomic E-state index is 12.6. The van der Waals surface area contributed by atoms with Crippen LogP contribution in [0.1, 0.15) is 17.4 Å². The molecule has 0 fully saturated rings. The first-order chi connectivity index (χ1) is 13.7. The van der Waals surface area contributed by atoms with Crippen LogP contribution in [0, 0.1) is 0 Å². The van der Waals surface area contributed by atoms with Gasteiger partial charge >= 0.3 is 0 Å². The van der Waals surface area contributed by atoms with Gasteiger partial charge in [0.05, 0.1) is 29.2 Å². The van der Waals surface area contributed by atoms with E-state index < -0.39 is 0 Å². The first-order valence-corrected chi connectivity index (χ1v) is 10.3. The van der Waals surface area contributed by atoms with Gasteiger partial charge in [-0.25, -0.2) is 4.98 Å². The van der Waals surface area contributed by atoms with E-state index in [1.54, 1.807) is 11.3 Å². The lowest BCUT2D eigenvalue weighted by molar-refractivity contribution is -0.122. The minimum Gasteiger partial charge on any atom is -0.489 e. The van der Waals surface area contributed by atoms with E-state index in [0.717, 1.165) is 34.0 Å². The molecule has 0 aliphatic carbocycles. The minimum atomic E-state index is 0.0130. The number of nitrogens with zero attached hydrogens (tertiary/aromatic N) is 2. The Kier molecular flexibility index (Phi) is 5.69. The number of rotatable bonds is 5. The van der Waals surface area contributed by atoms with Crippen LogP contribution >= 0.6 is 11.3 Å². The Balaban J connectivity index is 1.37. The summed E-state index contributed by atoms with van der Waals surface area (Å²) in [4.78, 5) is 20.2. The first-order valence-electron chi connectivity index (χ1n) is 9.40. The summed E-state index contributed by atoms with van der Waals surface area (Å²) < 4.78 is 5.97. The molecule has 3 aromatic rings. The molecule has 0 bridgehead atoms. The van der Waals surface area contributed by atoms with E-state index in [4.69, 9.17) is 4.74 Å². The first kappa shape index (κ1) is 18.7. The second-order valence-corrected chi connectivity index (χ2v) is 7.91. The van der Waals surface area contributed by atoms with Crippen molar-refractivity contribution in [2.75, 3.05) is 13.1 Å². The van der Waals surface area contributed by atoms with Crippen LogP contribution in [0.5, 0.6) is 5.75 Å². The van der Waals surface area contributed by atoms with Crippen molar-refractivity contribution in [1.82, 2.24) is 15.2 Å². The van der Waals surface area contributed by atoms with Gasteiger partial charge < -0.3 is 10.1 Å². The molecule has 1 aliphatic rings. The van der Waals surface area contributed by atoms with Gasteiger partial charge in [0.15, 0.2) is 0 Å². The Morgan fingerprint density at radius 2 is 2.00 bits per heavy atom. The van der Waals surface area contributed by atoms with Gasteiger partial charge in [-0.15, -0.1) is 11.3 Å². The van der Waals surface area contributed by atoms with Crippen LogP contribution in [-0.4, -0.2) is 35.0 Å². The second-order valence-electron chi connectivity index (χ2n) is 6.97. The number of thiazole rings is 1. The monoisotopic (exact) mass is 393 g/mol. The number of benzene rings is 2. The lowest BCUT2D eigenvalue weighted by Gasteiger charge is -2.21. The summed E-state index contributed by atoms with van der Waals surface area (Å²) in [6.07, 6.45) is 0.0441. The highest BCUT2D eigenvalue weighted by Crippen LogP contribution is 2.26. The van der Waals surface area contributed by atoms with E-state index in [1.807, 2.05) is 61.0 Å². The second kappa shape index (κ2) is 8.54. The van der Waals surface area contributed by atoms with Gasteiger partial charge in [-0.05, 0) is 13.0 Å². The molecular formula is C22H23N3O2S. The van der Waals surface area contributed by atoms with Gasteiger partial charge in [-0.2, -0.15) is 0 Å². The van der Waals surface area contributed by atoms with E-state index in [-0.39, 0.29) is 12.0 Å². The van der Waals surface area contributed by atoms with E-state index in [2.05, 4.69) is 21.3 Å². The maximum Gasteiger partial charge on any atom is 0.234 e. The molecule has 0 unspecified atom stereocenters. The SMILES string of the molecule is C[C@@H]1CN(CC(=O)NCc2scnc2-c2ccccc2)Cc2ccccc2O1. The van der Waals surface area contributed by atoms with Crippen molar-refractivity contribution in [3.8, 4) is 17.0 Å². The topological polar surface area (TPSA) is 54.5 Å². The molecular weight excluding hydrogens is 370 g/mol. The van der Waals surface area contributed by atoms with Crippen LogP contribution in [0.25, 0.3) is 11.3 Å². The largest absolute Gasteiger partial charge is 0.489 e. The fourth-order valence-corrected chi connectivity index (χ4v) is 4.18. The third-order valence-electron chi connectivity index (χ3n) is 4.71. The van der Waals surface area contributed by atoms with Gasteiger partial charge in [-0.3, -0.25) is 9.69 Å². The number of aromatic nitrogens is 1. The zero-order valence-corrected chi connectivity index (χ0v) is 16.6. The number of nitrogens with one attached hydrogen (secondary N) is 1. The smallest absolute Gasteiger partial charge is 0.234 e. The van der Waals surface area contributed by atoms with Crippen LogP contribution in [0.3, 0.4) is 0 Å². The number of carbonyl (C=O) groups is 1. The van der Waals surface area contributed by atoms with Crippen LogP contribution in [-0.2, 0) is 17.9 Å². The minimum absolute atomic E-state index is 0.0130. The molecule has 0 saturated heterocycles. The average Bonchev–Trinajstić information content (AvgIpc) is 3.10. The summed E-state index contributed by atoms with van der Waals surface area (Å²) in [5, 5.41) is 3.05. The number of hydrogen-bond acceptors (Lipinski definition) is 5. The maximum absolute atomic E-state index is 12.6. The molecule has 4 rings (SSSR count). The van der Waals surface area contributed by atoms with Gasteiger partial charge in [0.2, 0.25) is 5.91 Å². The quantitative estimate of drug-likeness (QED) is 0.718. The fraction of sp³-hybridized carbons (Fsp3) is 0.273. The Labute approximate surface area is 169 Å². The molecule has 2 heterocycles. The van der Waals surface area contributed by atoms with E-state index in [9.17, 15) is 4.79 Å². The Hall–Kier alpha value is -2.70. The summed E-state index contributed by atoms with van der Waals surface area (Å²) in [5.41, 5.74) is 4.96. The fourth-order valence-electron chi connectivity index (χ4n) is 3.46. The summed E-state index contributed by atoms with van der Waals surface area (Å²) in [6.45, 7) is 4.31. The Morgan fingerprint density at radius 3 is 2.86 bits per heavy atom. The van der Waals surface area contributed by atoms with Gasteiger partial charge in [0.1, 0.15) is 11.9 Å². The number of fused-ring (bicyclic) bond motifs is 1. The highest BCUT2D eigenvalue weighted by molar-refractivity contribution is 7.10. The van der Waals surface area contributed by atoms with Crippen molar-refractivity contribution in [1.29, 1.82) is 0 Å². The molecule has 0 saturated carbocycles. The summed E-state index contributed by atoms with van der Waals surface area (Å²) >= 11 is 1.57. The zero-order valence-electron chi connectivity index (χ0n) is 15.8. The molecule has 1 aromatic heterocycles. The normalized spacial score (nSPS) is 16.7. The molecule has 1 amide bonds. The Bertz CT molecular complexity index is 942. The molecule has 1 atom stereocenters. The van der Waals surface area contributed by atoms with Gasteiger partial charge in [0.25, 0.3) is 0 Å². The van der Waals surface area contributed by atoms with Gasteiger partial charge in [-0.1, -0.05) is 48.5 Å². The van der Waals surface area contributed by atoms with Crippen molar-refractivity contribution in [2.45, 2.75) is 26.1 Å². The summed E-state index contributed by atoms with van der Waals surface area (Å²) in [5.74, 6) is 0.925. The number of amides is 1. The molecule has 0 radical (unpaired) electrons. The van der Waals surface area contributed by atoms with Crippen molar-refractivity contribution in [3.05, 3.63) is 70.5 Å². The van der Waals surface area contributed by atoms with Crippen LogP contribution in [0.2, 0.25) is 0 Å². The van der Waals surface area contributed by atoms with Gasteiger partial charge in [0, 0.05) is 24.2 Å². The third kappa shape index (κ3) is 4.40. The predicted octanol–water partition coefficient (Wildman–Crippen LogP) is 3.71. The lowest BCUT2D eigenvalue weighted by Crippen LogP contribution is -2.39. The number of carbonyl (C=O) groups excluding carboxylic acids is 1. The highest BCUT2D eigenvalue weighted by Gasteiger charge is 2.21. The summed E-state index contributed by atoms with van der Waals surface area (Å²) in [6, 6.07) is 18.1. The third-order valence-corrected chi connectivity index (χ3v) is 5.54. The molecule has 2 aromatic carbocycles. The molecule has 0 spiro atoms. The molecule has 6 heteroatoms. The van der Waals surface area contributed by atoms with E-state index in [1.165, 1.54) is 0 Å². The van der Waals surface area contributed by atoms with Crippen LogP contribution < -0.4 is 10.1 Å². The predicted molar refractivity (Wildman–Crippen MR) is 111 cm³/mol. The molecule has 144 valence electrons. The average molecular weight is 394 g/mol. The number of hydrogen-bond donors (Lipinski definition) is 1. The highest BCUT2D eigenvalue weighted by atomic mass is 32.1. The summed E-state index contributed by atoms with van der Waals surface area (Å²) in [7, 11) is 0. The van der Waals surface area contributed by atoms with E-state index in [0.29, 0.717) is 19.6 Å². The standard InChI is InChI=1S/C22H23N3O2S/c1-16-12-25(13-18-9-5-6-10-19(18)27-16)14-21(26)23-11-20-22(24-15-28-20)17-7-3-2-4-8-17/h2-10,15-16H,11-14H2,1H3,(H,23,26)/t16-/m1/s1. The van der Waals surface area contributed by atoms with Crippen molar-refractivity contribution >= 4 is 17.2 Å². The molecule has 1 N–H and O–H groups in total. The van der Waals surface area contributed by atoms with Crippen molar-refractivity contribution < 1.29 is 9.53 Å². The van der Waals surface area contributed by atoms with E-state index >= 15 is 0 Å². The van der Waals surface area contributed by atoms with Crippen molar-refractivity contribution in [2.24, 2.45) is 0 Å². The molecule has 5 nitrogen and oxygen atoms in total. The van der Waals surface area contributed by atoms with Crippen LogP contribution in [0.15, 0.2) is 60.1 Å². The number of ether oxygens (including phenoxy) is 1. The molecule has 28 heavy (non-hydrogen) atoms.